The number of hydrogen-bond acceptors (Lipinski definition) is 2. The van der Waals surface area contributed by atoms with Gasteiger partial charge in [0.05, 0.1) is 11.4 Å². The van der Waals surface area contributed by atoms with Crippen molar-refractivity contribution in [3.05, 3.63) is 29.6 Å². The lowest BCUT2D eigenvalue weighted by molar-refractivity contribution is 0.588. The molecular weight excluding hydrogens is 290 g/mol. The van der Waals surface area contributed by atoms with E-state index in [1.54, 1.807) is 0 Å². The van der Waals surface area contributed by atoms with E-state index in [0.717, 1.165) is 18.2 Å². The predicted octanol–water partition coefficient (Wildman–Crippen LogP) is 3.95. The van der Waals surface area contributed by atoms with Crippen molar-refractivity contribution >= 4 is 34.4 Å². The first kappa shape index (κ1) is 13.2. The molecule has 0 radical (unpaired) electrons. The summed E-state index contributed by atoms with van der Waals surface area (Å²) in [4.78, 5) is 4.19. The molecule has 1 aliphatic rings. The van der Waals surface area contributed by atoms with Crippen molar-refractivity contribution in [2.24, 2.45) is 0 Å². The van der Waals surface area contributed by atoms with E-state index < -0.39 is 11.6 Å². The number of imidazole rings is 1. The maximum Gasteiger partial charge on any atom is 0.153 e. The first-order chi connectivity index (χ1) is 9.19. The third kappa shape index (κ3) is 2.46. The molecule has 1 atom stereocenters. The van der Waals surface area contributed by atoms with Crippen LogP contribution >= 0.6 is 23.4 Å². The molecule has 1 unspecified atom stereocenters. The monoisotopic (exact) mass is 302 g/mol. The Bertz CT molecular complexity index is 608. The fraction of sp³-hybridized carbons (Fsp3) is 0.462. The molecule has 2 heterocycles. The van der Waals surface area contributed by atoms with Crippen LogP contribution in [-0.4, -0.2) is 20.6 Å². The summed E-state index contributed by atoms with van der Waals surface area (Å²) in [7, 11) is 0. The van der Waals surface area contributed by atoms with Gasteiger partial charge in [0.15, 0.2) is 5.82 Å². The van der Waals surface area contributed by atoms with E-state index in [4.69, 9.17) is 11.6 Å². The molecule has 102 valence electrons. The van der Waals surface area contributed by atoms with Gasteiger partial charge in [0.2, 0.25) is 0 Å². The van der Waals surface area contributed by atoms with Crippen LogP contribution in [0.2, 0.25) is 0 Å². The van der Waals surface area contributed by atoms with Crippen LogP contribution < -0.4 is 0 Å². The minimum Gasteiger partial charge on any atom is -0.326 e. The molecule has 1 aliphatic heterocycles. The van der Waals surface area contributed by atoms with Gasteiger partial charge in [-0.1, -0.05) is 0 Å². The average molecular weight is 303 g/mol. The van der Waals surface area contributed by atoms with Gasteiger partial charge >= 0.3 is 0 Å². The zero-order valence-corrected chi connectivity index (χ0v) is 11.8. The highest BCUT2D eigenvalue weighted by molar-refractivity contribution is 8.00. The normalized spacial score (nSPS) is 19.4. The molecule has 1 fully saturated rings. The Hall–Kier alpha value is -0.810. The Morgan fingerprint density at radius 2 is 2.26 bits per heavy atom. The number of fused-ring (bicyclic) bond motifs is 1. The molecule has 1 aromatic carbocycles. The molecule has 0 bridgehead atoms. The van der Waals surface area contributed by atoms with E-state index in [9.17, 15) is 8.78 Å². The fourth-order valence-electron chi connectivity index (χ4n) is 2.49. The van der Waals surface area contributed by atoms with Crippen LogP contribution in [0.3, 0.4) is 0 Å². The van der Waals surface area contributed by atoms with Crippen molar-refractivity contribution in [2.75, 3.05) is 5.75 Å². The van der Waals surface area contributed by atoms with Gasteiger partial charge in [-0.05, 0) is 24.7 Å². The maximum absolute atomic E-state index is 13.7. The molecule has 2 aromatic rings. The molecule has 0 amide bonds. The first-order valence-corrected chi connectivity index (χ1v) is 7.79. The van der Waals surface area contributed by atoms with Crippen LogP contribution in [-0.2, 0) is 12.4 Å². The lowest BCUT2D eigenvalue weighted by Crippen LogP contribution is -2.12. The molecule has 1 saturated heterocycles. The smallest absolute Gasteiger partial charge is 0.153 e. The topological polar surface area (TPSA) is 17.8 Å². The van der Waals surface area contributed by atoms with Crippen LogP contribution in [0.25, 0.3) is 11.0 Å². The summed E-state index contributed by atoms with van der Waals surface area (Å²) in [6, 6.07) is 2.20. The van der Waals surface area contributed by atoms with Gasteiger partial charge in [-0.15, -0.1) is 11.6 Å². The summed E-state index contributed by atoms with van der Waals surface area (Å²) < 4.78 is 29.0. The molecule has 3 rings (SSSR count). The fourth-order valence-corrected chi connectivity index (χ4v) is 3.95. The molecule has 0 N–H and O–H groups in total. The molecule has 19 heavy (non-hydrogen) atoms. The highest BCUT2D eigenvalue weighted by Crippen LogP contribution is 2.30. The molecule has 6 heteroatoms. The van der Waals surface area contributed by atoms with E-state index in [2.05, 4.69) is 4.98 Å². The van der Waals surface area contributed by atoms with Gasteiger partial charge in [-0.3, -0.25) is 0 Å². The molecular formula is C13H13ClF2N2S. The van der Waals surface area contributed by atoms with Crippen LogP contribution in [0.5, 0.6) is 0 Å². The zero-order chi connectivity index (χ0) is 13.4. The highest BCUT2D eigenvalue weighted by atomic mass is 35.5. The summed E-state index contributed by atoms with van der Waals surface area (Å²) in [5, 5.41) is 0.477. The summed E-state index contributed by atoms with van der Waals surface area (Å²) in [6.45, 7) is 0.714. The lowest BCUT2D eigenvalue weighted by Gasteiger charge is -2.12. The quantitative estimate of drug-likeness (QED) is 0.799. The van der Waals surface area contributed by atoms with E-state index >= 15 is 0 Å². The Labute approximate surface area is 119 Å². The zero-order valence-electron chi connectivity index (χ0n) is 10.2. The third-order valence-electron chi connectivity index (χ3n) is 3.38. The Morgan fingerprint density at radius 3 is 2.95 bits per heavy atom. The van der Waals surface area contributed by atoms with E-state index in [0.29, 0.717) is 23.1 Å². The van der Waals surface area contributed by atoms with Gasteiger partial charge in [-0.2, -0.15) is 11.8 Å². The van der Waals surface area contributed by atoms with Gasteiger partial charge in [0.1, 0.15) is 17.2 Å². The predicted molar refractivity (Wildman–Crippen MR) is 74.7 cm³/mol. The number of halogens is 3. The second kappa shape index (κ2) is 5.29. The largest absolute Gasteiger partial charge is 0.326 e. The van der Waals surface area contributed by atoms with Crippen LogP contribution in [0.4, 0.5) is 8.78 Å². The number of benzene rings is 1. The van der Waals surface area contributed by atoms with E-state index in [1.807, 2.05) is 16.3 Å². The summed E-state index contributed by atoms with van der Waals surface area (Å²) in [6.07, 6.45) is 2.32. The molecule has 2 nitrogen and oxygen atoms in total. The van der Waals surface area contributed by atoms with Crippen LogP contribution in [0, 0.1) is 11.6 Å². The van der Waals surface area contributed by atoms with Crippen molar-refractivity contribution in [1.82, 2.24) is 9.55 Å². The van der Waals surface area contributed by atoms with Crippen molar-refractivity contribution in [2.45, 2.75) is 30.5 Å². The lowest BCUT2D eigenvalue weighted by atomic mass is 10.2. The van der Waals surface area contributed by atoms with Gasteiger partial charge in [-0.25, -0.2) is 13.8 Å². The minimum atomic E-state index is -0.626. The molecule has 0 saturated carbocycles. The standard InChI is InChI=1S/C13H13ClF2N2S/c14-6-12-17-13-10(16)4-8(15)5-11(13)18(12)7-9-2-1-3-19-9/h4-5,9H,1-3,6-7H2. The number of nitrogens with zero attached hydrogens (tertiary/aromatic N) is 2. The van der Waals surface area contributed by atoms with E-state index in [1.165, 1.54) is 12.5 Å². The number of aromatic nitrogens is 2. The van der Waals surface area contributed by atoms with Crippen molar-refractivity contribution < 1.29 is 8.78 Å². The van der Waals surface area contributed by atoms with Crippen LogP contribution in [0.15, 0.2) is 12.1 Å². The summed E-state index contributed by atoms with van der Waals surface area (Å²) in [5.41, 5.74) is 0.709. The van der Waals surface area contributed by atoms with Gasteiger partial charge in [0, 0.05) is 17.9 Å². The molecule has 0 aliphatic carbocycles. The SMILES string of the molecule is Fc1cc(F)c2nc(CCl)n(CC3CCCS3)c2c1. The number of thioether (sulfide) groups is 1. The second-order valence-corrected chi connectivity index (χ2v) is 6.34. The van der Waals surface area contributed by atoms with Crippen molar-refractivity contribution in [3.63, 3.8) is 0 Å². The first-order valence-electron chi connectivity index (χ1n) is 6.21. The molecule has 0 spiro atoms. The Kier molecular flexibility index (Phi) is 3.67. The van der Waals surface area contributed by atoms with Gasteiger partial charge < -0.3 is 4.57 Å². The molecule has 1 aromatic heterocycles. The van der Waals surface area contributed by atoms with Crippen molar-refractivity contribution in [1.29, 1.82) is 0 Å². The number of rotatable bonds is 3. The average Bonchev–Trinajstić information content (AvgIpc) is 2.99. The second-order valence-electron chi connectivity index (χ2n) is 4.66. The Morgan fingerprint density at radius 1 is 1.42 bits per heavy atom. The summed E-state index contributed by atoms with van der Waals surface area (Å²) in [5.74, 6) is 0.753. The van der Waals surface area contributed by atoms with Crippen LogP contribution in [0.1, 0.15) is 18.7 Å². The van der Waals surface area contributed by atoms with Gasteiger partial charge in [0.25, 0.3) is 0 Å². The van der Waals surface area contributed by atoms with E-state index in [-0.39, 0.29) is 11.4 Å². The summed E-state index contributed by atoms with van der Waals surface area (Å²) >= 11 is 7.77. The number of hydrogen-bond donors (Lipinski definition) is 0. The number of alkyl halides is 1. The third-order valence-corrected chi connectivity index (χ3v) is 5.00. The minimum absolute atomic E-state index is 0.202. The highest BCUT2D eigenvalue weighted by Gasteiger charge is 2.21. The van der Waals surface area contributed by atoms with Crippen molar-refractivity contribution in [3.8, 4) is 0 Å². The maximum atomic E-state index is 13.7. The Balaban J connectivity index is 2.09.